The largest absolute Gasteiger partial charge is 0.382 e. The number of nitrogen functional groups attached to an aromatic ring is 1. The normalized spacial score (nSPS) is 11.3. The van der Waals surface area contributed by atoms with E-state index in [4.69, 9.17) is 5.73 Å². The second-order valence-electron chi connectivity index (χ2n) is 7.01. The molecular formula is C22H17FN6O2S. The van der Waals surface area contributed by atoms with E-state index in [0.717, 1.165) is 6.26 Å². The van der Waals surface area contributed by atoms with Crippen molar-refractivity contribution in [2.75, 3.05) is 17.3 Å². The molecule has 32 heavy (non-hydrogen) atoms. The quantitative estimate of drug-likeness (QED) is 0.475. The molecule has 0 aliphatic carbocycles. The zero-order valence-electron chi connectivity index (χ0n) is 16.9. The number of sulfone groups is 1. The van der Waals surface area contributed by atoms with Gasteiger partial charge in [-0.3, -0.25) is 0 Å². The van der Waals surface area contributed by atoms with E-state index in [0.29, 0.717) is 22.2 Å². The molecule has 0 aliphatic heterocycles. The summed E-state index contributed by atoms with van der Waals surface area (Å²) in [4.78, 5) is 12.4. The van der Waals surface area contributed by atoms with Crippen molar-refractivity contribution in [3.8, 4) is 17.2 Å². The highest BCUT2D eigenvalue weighted by Crippen LogP contribution is 2.33. The first-order valence-electron chi connectivity index (χ1n) is 9.41. The van der Waals surface area contributed by atoms with Gasteiger partial charge in [-0.05, 0) is 18.2 Å². The topological polar surface area (TPSA) is 135 Å². The van der Waals surface area contributed by atoms with E-state index in [9.17, 15) is 18.1 Å². The molecule has 10 heteroatoms. The number of benzene rings is 2. The number of para-hydroxylation sites is 1. The Hall–Kier alpha value is -4.10. The minimum atomic E-state index is -3.55. The van der Waals surface area contributed by atoms with Crippen LogP contribution in [0.1, 0.15) is 11.3 Å². The number of nitrogens with two attached hydrogens (primary N) is 1. The summed E-state index contributed by atoms with van der Waals surface area (Å²) in [5.74, 6) is -0.293. The molecule has 2 heterocycles. The summed E-state index contributed by atoms with van der Waals surface area (Å²) < 4.78 is 39.2. The van der Waals surface area contributed by atoms with Crippen LogP contribution >= 0.6 is 0 Å². The third-order valence-electron chi connectivity index (χ3n) is 4.86. The molecule has 2 aromatic heterocycles. The van der Waals surface area contributed by atoms with Crippen LogP contribution in [0.2, 0.25) is 0 Å². The van der Waals surface area contributed by atoms with Crippen molar-refractivity contribution in [2.45, 2.75) is 11.4 Å². The molecule has 0 aliphatic rings. The fourth-order valence-corrected chi connectivity index (χ4v) is 4.30. The number of halogens is 1. The Morgan fingerprint density at radius 1 is 1.12 bits per heavy atom. The smallest absolute Gasteiger partial charge is 0.176 e. The predicted molar refractivity (Wildman–Crippen MR) is 119 cm³/mol. The van der Waals surface area contributed by atoms with Crippen molar-refractivity contribution in [3.05, 3.63) is 71.9 Å². The molecule has 0 atom stereocenters. The SMILES string of the molecule is CS(=O)(=O)c1ccccc1-c1cc2cccc(F)c2nc1CNc1ncnc(N)c1C#N. The Morgan fingerprint density at radius 2 is 1.91 bits per heavy atom. The monoisotopic (exact) mass is 448 g/mol. The lowest BCUT2D eigenvalue weighted by molar-refractivity contribution is 0.602. The van der Waals surface area contributed by atoms with Gasteiger partial charge in [0.1, 0.15) is 40.9 Å². The number of fused-ring (bicyclic) bond motifs is 1. The van der Waals surface area contributed by atoms with E-state index in [2.05, 4.69) is 20.3 Å². The maximum Gasteiger partial charge on any atom is 0.176 e. The van der Waals surface area contributed by atoms with Crippen LogP contribution in [0.25, 0.3) is 22.0 Å². The minimum Gasteiger partial charge on any atom is -0.382 e. The number of nitriles is 1. The molecular weight excluding hydrogens is 431 g/mol. The van der Waals surface area contributed by atoms with Crippen molar-refractivity contribution in [3.63, 3.8) is 0 Å². The number of nitrogens with one attached hydrogen (secondary N) is 1. The van der Waals surface area contributed by atoms with Crippen molar-refractivity contribution < 1.29 is 12.8 Å². The number of aromatic nitrogens is 3. The van der Waals surface area contributed by atoms with E-state index < -0.39 is 15.7 Å². The van der Waals surface area contributed by atoms with Crippen LogP contribution in [0, 0.1) is 17.1 Å². The van der Waals surface area contributed by atoms with E-state index in [-0.39, 0.29) is 34.2 Å². The molecule has 0 fully saturated rings. The van der Waals surface area contributed by atoms with E-state index in [1.807, 2.05) is 6.07 Å². The maximum atomic E-state index is 14.4. The molecule has 160 valence electrons. The summed E-state index contributed by atoms with van der Waals surface area (Å²) in [6.07, 6.45) is 2.34. The Kier molecular flexibility index (Phi) is 5.42. The third kappa shape index (κ3) is 3.93. The molecule has 3 N–H and O–H groups in total. The van der Waals surface area contributed by atoms with Crippen molar-refractivity contribution in [1.29, 1.82) is 5.26 Å². The number of hydrogen-bond donors (Lipinski definition) is 2. The van der Waals surface area contributed by atoms with Crippen LogP contribution in [0.5, 0.6) is 0 Å². The molecule has 0 spiro atoms. The summed E-state index contributed by atoms with van der Waals surface area (Å²) in [6, 6.07) is 14.7. The number of hydrogen-bond acceptors (Lipinski definition) is 8. The van der Waals surface area contributed by atoms with Gasteiger partial charge in [-0.15, -0.1) is 0 Å². The Balaban J connectivity index is 1.90. The number of rotatable bonds is 5. The lowest BCUT2D eigenvalue weighted by Gasteiger charge is -2.15. The van der Waals surface area contributed by atoms with Gasteiger partial charge in [0.25, 0.3) is 0 Å². The van der Waals surface area contributed by atoms with Crippen molar-refractivity contribution in [2.24, 2.45) is 0 Å². The van der Waals surface area contributed by atoms with Gasteiger partial charge in [-0.2, -0.15) is 5.26 Å². The van der Waals surface area contributed by atoms with Gasteiger partial charge >= 0.3 is 0 Å². The average Bonchev–Trinajstić information content (AvgIpc) is 2.77. The van der Waals surface area contributed by atoms with Gasteiger partial charge in [0.2, 0.25) is 0 Å². The molecule has 2 aromatic carbocycles. The molecule has 0 bridgehead atoms. The van der Waals surface area contributed by atoms with E-state index in [1.54, 1.807) is 36.4 Å². The zero-order chi connectivity index (χ0) is 22.9. The summed E-state index contributed by atoms with van der Waals surface area (Å²) in [6.45, 7) is 0.0306. The van der Waals surface area contributed by atoms with Gasteiger partial charge in [-0.25, -0.2) is 27.8 Å². The molecule has 0 saturated carbocycles. The van der Waals surface area contributed by atoms with E-state index >= 15 is 0 Å². The van der Waals surface area contributed by atoms with Crippen LogP contribution < -0.4 is 11.1 Å². The first-order chi connectivity index (χ1) is 15.3. The predicted octanol–water partition coefficient (Wildman–Crippen LogP) is 3.30. The zero-order valence-corrected chi connectivity index (χ0v) is 17.7. The van der Waals surface area contributed by atoms with Gasteiger partial charge in [0, 0.05) is 22.8 Å². The van der Waals surface area contributed by atoms with Gasteiger partial charge in [-0.1, -0.05) is 30.3 Å². The molecule has 0 saturated heterocycles. The molecule has 8 nitrogen and oxygen atoms in total. The molecule has 4 rings (SSSR count). The van der Waals surface area contributed by atoms with Gasteiger partial charge < -0.3 is 11.1 Å². The fraction of sp³-hybridized carbons (Fsp3) is 0.0909. The lowest BCUT2D eigenvalue weighted by Crippen LogP contribution is -2.10. The van der Waals surface area contributed by atoms with Crippen LogP contribution in [0.4, 0.5) is 16.0 Å². The maximum absolute atomic E-state index is 14.4. The summed E-state index contributed by atoms with van der Waals surface area (Å²) >= 11 is 0. The Bertz CT molecular complexity index is 1500. The van der Waals surface area contributed by atoms with E-state index in [1.165, 1.54) is 18.5 Å². The number of nitrogens with zero attached hydrogens (tertiary/aromatic N) is 4. The van der Waals surface area contributed by atoms with Crippen LogP contribution in [0.15, 0.2) is 59.8 Å². The third-order valence-corrected chi connectivity index (χ3v) is 6.02. The van der Waals surface area contributed by atoms with Crippen molar-refractivity contribution in [1.82, 2.24) is 15.0 Å². The highest BCUT2D eigenvalue weighted by molar-refractivity contribution is 7.90. The fourth-order valence-electron chi connectivity index (χ4n) is 3.39. The highest BCUT2D eigenvalue weighted by atomic mass is 32.2. The molecule has 0 unspecified atom stereocenters. The first kappa shape index (κ1) is 21.1. The molecule has 0 radical (unpaired) electrons. The number of pyridine rings is 1. The molecule has 0 amide bonds. The van der Waals surface area contributed by atoms with Gasteiger partial charge in [0.15, 0.2) is 9.84 Å². The average molecular weight is 448 g/mol. The summed E-state index contributed by atoms with van der Waals surface area (Å²) in [5.41, 5.74) is 7.28. The highest BCUT2D eigenvalue weighted by Gasteiger charge is 2.19. The van der Waals surface area contributed by atoms with Crippen LogP contribution in [-0.2, 0) is 16.4 Å². The van der Waals surface area contributed by atoms with Crippen LogP contribution in [0.3, 0.4) is 0 Å². The Labute approximate surface area is 183 Å². The lowest BCUT2D eigenvalue weighted by atomic mass is 10.0. The molecule has 4 aromatic rings. The standard InChI is InChI=1S/C22H17FN6O2S/c1-32(30,31)19-8-3-2-6-14(19)15-9-13-5-4-7-17(23)20(13)29-18(15)11-26-22-16(10-24)21(25)27-12-28-22/h2-9,12H,11H2,1H3,(H3,25,26,27,28). The number of anilines is 2. The summed E-state index contributed by atoms with van der Waals surface area (Å²) in [7, 11) is -3.55. The first-order valence-corrected chi connectivity index (χ1v) is 11.3. The second kappa shape index (κ2) is 8.20. The Morgan fingerprint density at radius 3 is 2.66 bits per heavy atom. The second-order valence-corrected chi connectivity index (χ2v) is 8.99. The summed E-state index contributed by atoms with van der Waals surface area (Å²) in [5, 5.41) is 12.9. The minimum absolute atomic E-state index is 0.0187. The van der Waals surface area contributed by atoms with Crippen molar-refractivity contribution >= 4 is 32.4 Å². The van der Waals surface area contributed by atoms with Crippen LogP contribution in [-0.4, -0.2) is 29.6 Å². The van der Waals surface area contributed by atoms with Gasteiger partial charge in [0.05, 0.1) is 17.1 Å².